The second-order valence-corrected chi connectivity index (χ2v) is 8.55. The Morgan fingerprint density at radius 1 is 1.31 bits per heavy atom. The highest BCUT2D eigenvalue weighted by molar-refractivity contribution is 7.93. The van der Waals surface area contributed by atoms with Crippen LogP contribution < -0.4 is 14.5 Å². The molecule has 26 heavy (non-hydrogen) atoms. The van der Waals surface area contributed by atoms with E-state index in [1.54, 1.807) is 55.5 Å². The molecule has 1 fully saturated rings. The third kappa shape index (κ3) is 3.61. The van der Waals surface area contributed by atoms with Crippen LogP contribution in [-0.4, -0.2) is 45.7 Å². The first-order chi connectivity index (χ1) is 12.3. The molecule has 2 heterocycles. The van der Waals surface area contributed by atoms with Gasteiger partial charge in [-0.25, -0.2) is 13.4 Å². The van der Waals surface area contributed by atoms with E-state index in [0.29, 0.717) is 35.7 Å². The van der Waals surface area contributed by atoms with Gasteiger partial charge in [-0.2, -0.15) is 0 Å². The molecule has 3 rings (SSSR count). The molecule has 0 unspecified atom stereocenters. The number of nitrogens with one attached hydrogen (secondary N) is 1. The SMILES string of the molecule is CN(C)c1ncccc1C(=O)Nc1ccc(N2CCCS2(=O)=O)c(Cl)c1. The molecule has 1 aliphatic heterocycles. The van der Waals surface area contributed by atoms with E-state index in [0.717, 1.165) is 0 Å². The first-order valence-electron chi connectivity index (χ1n) is 8.03. The van der Waals surface area contributed by atoms with Crippen LogP contribution in [0.1, 0.15) is 16.8 Å². The summed E-state index contributed by atoms with van der Waals surface area (Å²) in [4.78, 5) is 18.5. The number of amides is 1. The van der Waals surface area contributed by atoms with Crippen LogP contribution in [0.25, 0.3) is 0 Å². The molecule has 138 valence electrons. The smallest absolute Gasteiger partial charge is 0.259 e. The quantitative estimate of drug-likeness (QED) is 0.861. The van der Waals surface area contributed by atoms with E-state index in [1.807, 2.05) is 0 Å². The van der Waals surface area contributed by atoms with Crippen LogP contribution in [-0.2, 0) is 10.0 Å². The molecule has 1 aliphatic rings. The molecular formula is C17H19ClN4O3S. The maximum atomic E-state index is 12.6. The van der Waals surface area contributed by atoms with Crippen molar-refractivity contribution in [3.8, 4) is 0 Å². The lowest BCUT2D eigenvalue weighted by atomic mass is 10.2. The predicted molar refractivity (Wildman–Crippen MR) is 104 cm³/mol. The van der Waals surface area contributed by atoms with Crippen molar-refractivity contribution in [3.05, 3.63) is 47.1 Å². The fourth-order valence-electron chi connectivity index (χ4n) is 2.83. The van der Waals surface area contributed by atoms with E-state index in [1.165, 1.54) is 4.31 Å². The van der Waals surface area contributed by atoms with Crippen LogP contribution >= 0.6 is 11.6 Å². The summed E-state index contributed by atoms with van der Waals surface area (Å²) in [6.45, 7) is 0.412. The minimum atomic E-state index is -3.31. The van der Waals surface area contributed by atoms with Crippen LogP contribution in [0.3, 0.4) is 0 Å². The highest BCUT2D eigenvalue weighted by Gasteiger charge is 2.29. The Labute approximate surface area is 157 Å². The lowest BCUT2D eigenvalue weighted by molar-refractivity contribution is 0.102. The monoisotopic (exact) mass is 394 g/mol. The van der Waals surface area contributed by atoms with Gasteiger partial charge in [0.2, 0.25) is 10.0 Å². The van der Waals surface area contributed by atoms with Crippen molar-refractivity contribution in [1.29, 1.82) is 0 Å². The zero-order valence-electron chi connectivity index (χ0n) is 14.4. The number of benzene rings is 1. The molecule has 1 N–H and O–H groups in total. The first-order valence-corrected chi connectivity index (χ1v) is 10.0. The van der Waals surface area contributed by atoms with Crippen LogP contribution in [0.4, 0.5) is 17.2 Å². The number of carbonyl (C=O) groups excluding carboxylic acids is 1. The van der Waals surface area contributed by atoms with E-state index < -0.39 is 10.0 Å². The van der Waals surface area contributed by atoms with Crippen LogP contribution in [0, 0.1) is 0 Å². The molecular weight excluding hydrogens is 376 g/mol. The first kappa shape index (κ1) is 18.5. The normalized spacial score (nSPS) is 15.7. The Kier molecular flexibility index (Phi) is 5.06. The van der Waals surface area contributed by atoms with Gasteiger partial charge in [0.05, 0.1) is 22.0 Å². The maximum Gasteiger partial charge on any atom is 0.259 e. The van der Waals surface area contributed by atoms with Gasteiger partial charge in [-0.15, -0.1) is 0 Å². The third-order valence-corrected chi connectivity index (χ3v) is 6.19. The van der Waals surface area contributed by atoms with Crippen LogP contribution in [0.2, 0.25) is 5.02 Å². The van der Waals surface area contributed by atoms with Gasteiger partial charge in [0.15, 0.2) is 0 Å². The highest BCUT2D eigenvalue weighted by atomic mass is 35.5. The standard InChI is InChI=1S/C17H19ClN4O3S/c1-21(2)16-13(5-3-8-19-16)17(23)20-12-6-7-15(14(18)11-12)22-9-4-10-26(22,24)25/h3,5-8,11H,4,9-10H2,1-2H3,(H,20,23). The predicted octanol–water partition coefficient (Wildman–Crippen LogP) is 2.59. The van der Waals surface area contributed by atoms with Gasteiger partial charge in [0.25, 0.3) is 5.91 Å². The molecule has 1 amide bonds. The van der Waals surface area contributed by atoms with Crippen molar-refractivity contribution in [2.24, 2.45) is 0 Å². The summed E-state index contributed by atoms with van der Waals surface area (Å²) in [6, 6.07) is 8.17. The van der Waals surface area contributed by atoms with E-state index in [-0.39, 0.29) is 16.7 Å². The molecule has 2 aromatic rings. The van der Waals surface area contributed by atoms with E-state index in [2.05, 4.69) is 10.3 Å². The number of carbonyl (C=O) groups is 1. The molecule has 0 spiro atoms. The van der Waals surface area contributed by atoms with E-state index >= 15 is 0 Å². The van der Waals surface area contributed by atoms with Gasteiger partial charge in [-0.3, -0.25) is 9.10 Å². The molecule has 0 atom stereocenters. The van der Waals surface area contributed by atoms with Gasteiger partial charge >= 0.3 is 0 Å². The third-order valence-electron chi connectivity index (χ3n) is 4.03. The zero-order valence-corrected chi connectivity index (χ0v) is 16.0. The Balaban J connectivity index is 1.84. The Bertz CT molecular complexity index is 947. The number of halogens is 1. The minimum Gasteiger partial charge on any atom is -0.362 e. The molecule has 9 heteroatoms. The second-order valence-electron chi connectivity index (χ2n) is 6.13. The average molecular weight is 395 g/mol. The topological polar surface area (TPSA) is 82.6 Å². The molecule has 0 bridgehead atoms. The zero-order chi connectivity index (χ0) is 18.9. The molecule has 1 aromatic heterocycles. The number of aromatic nitrogens is 1. The lowest BCUT2D eigenvalue weighted by Gasteiger charge is -2.19. The summed E-state index contributed by atoms with van der Waals surface area (Å²) in [6.07, 6.45) is 2.19. The molecule has 0 saturated carbocycles. The molecule has 0 aliphatic carbocycles. The number of hydrogen-bond acceptors (Lipinski definition) is 5. The van der Waals surface area contributed by atoms with Gasteiger partial charge in [0, 0.05) is 32.5 Å². The van der Waals surface area contributed by atoms with Crippen LogP contribution in [0.15, 0.2) is 36.5 Å². The summed E-state index contributed by atoms with van der Waals surface area (Å²) in [5, 5.41) is 3.05. The Morgan fingerprint density at radius 2 is 2.08 bits per heavy atom. The number of anilines is 3. The van der Waals surface area contributed by atoms with E-state index in [4.69, 9.17) is 11.6 Å². The second kappa shape index (κ2) is 7.13. The van der Waals surface area contributed by atoms with Crippen molar-refractivity contribution in [1.82, 2.24) is 4.98 Å². The number of pyridine rings is 1. The maximum absolute atomic E-state index is 12.6. The van der Waals surface area contributed by atoms with Gasteiger partial charge in [-0.05, 0) is 36.8 Å². The van der Waals surface area contributed by atoms with E-state index in [9.17, 15) is 13.2 Å². The number of hydrogen-bond donors (Lipinski definition) is 1. The number of rotatable bonds is 4. The Hall–Kier alpha value is -2.32. The molecule has 1 aromatic carbocycles. The van der Waals surface area contributed by atoms with Crippen molar-refractivity contribution in [2.75, 3.05) is 40.9 Å². The largest absolute Gasteiger partial charge is 0.362 e. The Morgan fingerprint density at radius 3 is 2.69 bits per heavy atom. The minimum absolute atomic E-state index is 0.121. The summed E-state index contributed by atoms with van der Waals surface area (Å²) >= 11 is 6.27. The summed E-state index contributed by atoms with van der Waals surface area (Å²) in [7, 11) is 0.305. The summed E-state index contributed by atoms with van der Waals surface area (Å²) in [5.74, 6) is 0.353. The van der Waals surface area contributed by atoms with Crippen molar-refractivity contribution >= 4 is 44.7 Å². The molecule has 1 saturated heterocycles. The highest BCUT2D eigenvalue weighted by Crippen LogP contribution is 2.33. The van der Waals surface area contributed by atoms with Crippen molar-refractivity contribution in [2.45, 2.75) is 6.42 Å². The van der Waals surface area contributed by atoms with Crippen molar-refractivity contribution < 1.29 is 13.2 Å². The van der Waals surface area contributed by atoms with Gasteiger partial charge < -0.3 is 10.2 Å². The van der Waals surface area contributed by atoms with Crippen molar-refractivity contribution in [3.63, 3.8) is 0 Å². The summed E-state index contributed by atoms with van der Waals surface area (Å²) in [5.41, 5.74) is 1.34. The average Bonchev–Trinajstić information content (AvgIpc) is 2.94. The summed E-state index contributed by atoms with van der Waals surface area (Å²) < 4.78 is 25.4. The lowest BCUT2D eigenvalue weighted by Crippen LogP contribution is -2.25. The van der Waals surface area contributed by atoms with Gasteiger partial charge in [-0.1, -0.05) is 11.6 Å². The van der Waals surface area contributed by atoms with Gasteiger partial charge in [0.1, 0.15) is 5.82 Å². The fraction of sp³-hybridized carbons (Fsp3) is 0.294. The number of sulfonamides is 1. The number of nitrogens with zero attached hydrogens (tertiary/aromatic N) is 3. The molecule has 7 nitrogen and oxygen atoms in total. The molecule has 0 radical (unpaired) electrons. The van der Waals surface area contributed by atoms with Crippen LogP contribution in [0.5, 0.6) is 0 Å². The fourth-order valence-corrected chi connectivity index (χ4v) is 4.74.